The summed E-state index contributed by atoms with van der Waals surface area (Å²) in [5, 5.41) is 2.79. The predicted octanol–water partition coefficient (Wildman–Crippen LogP) is 4.48. The van der Waals surface area contributed by atoms with Crippen LogP contribution in [-0.2, 0) is 11.2 Å². The SMILES string of the molecule is CN1C(=O)[C@@H](NC(=O)c2cc(Oc3ccc(F)cc3)ccn2)CCc2ccc(Br)cc21. The van der Waals surface area contributed by atoms with Gasteiger partial charge in [-0.1, -0.05) is 22.0 Å². The van der Waals surface area contributed by atoms with Crippen LogP contribution in [0.25, 0.3) is 0 Å². The molecule has 6 nitrogen and oxygen atoms in total. The number of carbonyl (C=O) groups excluding carboxylic acids is 2. The van der Waals surface area contributed by atoms with Crippen molar-refractivity contribution in [3.05, 3.63) is 82.3 Å². The summed E-state index contributed by atoms with van der Waals surface area (Å²) in [5.74, 6) is -0.209. The number of anilines is 1. The molecule has 0 spiro atoms. The van der Waals surface area contributed by atoms with E-state index in [1.165, 1.54) is 36.5 Å². The zero-order chi connectivity index (χ0) is 22.0. The summed E-state index contributed by atoms with van der Waals surface area (Å²) in [6.07, 6.45) is 2.59. The molecule has 1 atom stereocenters. The van der Waals surface area contributed by atoms with Gasteiger partial charge in [0.25, 0.3) is 5.91 Å². The van der Waals surface area contributed by atoms with Gasteiger partial charge in [0.05, 0.1) is 0 Å². The summed E-state index contributed by atoms with van der Waals surface area (Å²) in [6.45, 7) is 0. The fraction of sp³-hybridized carbons (Fsp3) is 0.174. The van der Waals surface area contributed by atoms with Crippen LogP contribution in [0.1, 0.15) is 22.5 Å². The number of fused-ring (bicyclic) bond motifs is 1. The van der Waals surface area contributed by atoms with Gasteiger partial charge in [-0.15, -0.1) is 0 Å². The minimum atomic E-state index is -0.674. The molecule has 1 aliphatic rings. The minimum Gasteiger partial charge on any atom is -0.457 e. The van der Waals surface area contributed by atoms with Gasteiger partial charge in [0.1, 0.15) is 29.1 Å². The van der Waals surface area contributed by atoms with Crippen molar-refractivity contribution in [3.8, 4) is 11.5 Å². The molecule has 31 heavy (non-hydrogen) atoms. The second-order valence-electron chi connectivity index (χ2n) is 7.17. The van der Waals surface area contributed by atoms with Crippen molar-refractivity contribution in [2.24, 2.45) is 0 Å². The molecule has 4 rings (SSSR count). The highest BCUT2D eigenvalue weighted by molar-refractivity contribution is 9.10. The van der Waals surface area contributed by atoms with Crippen molar-refractivity contribution in [3.63, 3.8) is 0 Å². The Bertz CT molecular complexity index is 1140. The Morgan fingerprint density at radius 1 is 1.16 bits per heavy atom. The van der Waals surface area contributed by atoms with Crippen molar-refractivity contribution in [1.82, 2.24) is 10.3 Å². The maximum absolute atomic E-state index is 13.1. The number of pyridine rings is 1. The fourth-order valence-corrected chi connectivity index (χ4v) is 3.79. The largest absolute Gasteiger partial charge is 0.457 e. The van der Waals surface area contributed by atoms with Gasteiger partial charge < -0.3 is 15.0 Å². The smallest absolute Gasteiger partial charge is 0.270 e. The van der Waals surface area contributed by atoms with Crippen molar-refractivity contribution in [2.45, 2.75) is 18.9 Å². The Kier molecular flexibility index (Phi) is 5.99. The summed E-state index contributed by atoms with van der Waals surface area (Å²) >= 11 is 3.44. The highest BCUT2D eigenvalue weighted by atomic mass is 79.9. The van der Waals surface area contributed by atoms with E-state index >= 15 is 0 Å². The second kappa shape index (κ2) is 8.85. The number of hydrogen-bond donors (Lipinski definition) is 1. The van der Waals surface area contributed by atoms with Crippen LogP contribution in [0.5, 0.6) is 11.5 Å². The summed E-state index contributed by atoms with van der Waals surface area (Å²) in [4.78, 5) is 31.4. The highest BCUT2D eigenvalue weighted by Crippen LogP contribution is 2.29. The molecule has 158 valence electrons. The number of amides is 2. The Labute approximate surface area is 187 Å². The number of rotatable bonds is 4. The van der Waals surface area contributed by atoms with Crippen LogP contribution in [0.3, 0.4) is 0 Å². The van der Waals surface area contributed by atoms with Gasteiger partial charge in [-0.3, -0.25) is 14.6 Å². The molecule has 1 aliphatic heterocycles. The number of likely N-dealkylation sites (N-methyl/N-ethyl adjacent to an activating group) is 1. The molecule has 2 aromatic carbocycles. The van der Waals surface area contributed by atoms with E-state index in [9.17, 15) is 14.0 Å². The third-order valence-corrected chi connectivity index (χ3v) is 5.55. The van der Waals surface area contributed by atoms with E-state index in [0.29, 0.717) is 24.3 Å². The predicted molar refractivity (Wildman–Crippen MR) is 118 cm³/mol. The third-order valence-electron chi connectivity index (χ3n) is 5.06. The number of aromatic nitrogens is 1. The normalized spacial score (nSPS) is 15.8. The summed E-state index contributed by atoms with van der Waals surface area (Å²) in [7, 11) is 1.70. The standard InChI is InChI=1S/C23H19BrFN3O3/c1-28-21-12-15(24)4-2-14(21)3-9-19(23(28)30)27-22(29)20-13-18(10-11-26-20)31-17-7-5-16(25)6-8-17/h2,4-8,10-13,19H,3,9H2,1H3,(H,27,29)/t19-/m0/s1. The zero-order valence-corrected chi connectivity index (χ0v) is 18.2. The number of hydrogen-bond acceptors (Lipinski definition) is 4. The Hall–Kier alpha value is -3.26. The molecule has 0 saturated carbocycles. The number of nitrogens with zero attached hydrogens (tertiary/aromatic N) is 2. The molecule has 0 fully saturated rings. The molecule has 0 saturated heterocycles. The lowest BCUT2D eigenvalue weighted by Crippen LogP contribution is -2.46. The molecular formula is C23H19BrFN3O3. The molecule has 8 heteroatoms. The monoisotopic (exact) mass is 483 g/mol. The molecule has 0 bridgehead atoms. The van der Waals surface area contributed by atoms with Crippen molar-refractivity contribution >= 4 is 33.4 Å². The first-order valence-electron chi connectivity index (χ1n) is 9.67. The summed E-state index contributed by atoms with van der Waals surface area (Å²) < 4.78 is 19.6. The molecule has 0 unspecified atom stereocenters. The maximum Gasteiger partial charge on any atom is 0.270 e. The van der Waals surface area contributed by atoms with Crippen LogP contribution >= 0.6 is 15.9 Å². The highest BCUT2D eigenvalue weighted by Gasteiger charge is 2.30. The van der Waals surface area contributed by atoms with E-state index in [2.05, 4.69) is 26.2 Å². The molecule has 3 aromatic rings. The second-order valence-corrected chi connectivity index (χ2v) is 8.08. The quantitative estimate of drug-likeness (QED) is 0.593. The lowest BCUT2D eigenvalue weighted by Gasteiger charge is -2.22. The van der Waals surface area contributed by atoms with Crippen LogP contribution in [0.2, 0.25) is 0 Å². The van der Waals surface area contributed by atoms with Gasteiger partial charge in [0, 0.05) is 29.5 Å². The molecule has 2 heterocycles. The third kappa shape index (κ3) is 4.74. The number of ether oxygens (including phenoxy) is 1. The van der Waals surface area contributed by atoms with E-state index in [1.807, 2.05) is 18.2 Å². The number of nitrogens with one attached hydrogen (secondary N) is 1. The van der Waals surface area contributed by atoms with Gasteiger partial charge in [-0.2, -0.15) is 0 Å². The first kappa shape index (κ1) is 21.0. The Balaban J connectivity index is 1.48. The summed E-state index contributed by atoms with van der Waals surface area (Å²) in [5.41, 5.74) is 1.99. The van der Waals surface area contributed by atoms with Gasteiger partial charge in [-0.05, 0) is 60.9 Å². The molecule has 0 aliphatic carbocycles. The molecule has 2 amide bonds. The van der Waals surface area contributed by atoms with Gasteiger partial charge in [0.2, 0.25) is 5.91 Å². The topological polar surface area (TPSA) is 71.5 Å². The van der Waals surface area contributed by atoms with Crippen LogP contribution in [0.4, 0.5) is 10.1 Å². The van der Waals surface area contributed by atoms with Crippen LogP contribution in [0.15, 0.2) is 65.3 Å². The first-order valence-corrected chi connectivity index (χ1v) is 10.5. The number of benzene rings is 2. The van der Waals surface area contributed by atoms with Gasteiger partial charge in [-0.25, -0.2) is 4.39 Å². The first-order chi connectivity index (χ1) is 14.9. The van der Waals surface area contributed by atoms with E-state index in [-0.39, 0.29) is 17.4 Å². The van der Waals surface area contributed by atoms with E-state index in [0.717, 1.165) is 15.7 Å². The van der Waals surface area contributed by atoms with E-state index in [4.69, 9.17) is 4.74 Å². The molecule has 0 radical (unpaired) electrons. The van der Waals surface area contributed by atoms with Crippen molar-refractivity contribution in [2.75, 3.05) is 11.9 Å². The lowest BCUT2D eigenvalue weighted by molar-refractivity contribution is -0.120. The molecular weight excluding hydrogens is 465 g/mol. The van der Waals surface area contributed by atoms with Crippen molar-refractivity contribution in [1.29, 1.82) is 0 Å². The molecule has 1 N–H and O–H groups in total. The van der Waals surface area contributed by atoms with Gasteiger partial charge >= 0.3 is 0 Å². The number of halogens is 2. The fourth-order valence-electron chi connectivity index (χ4n) is 3.44. The van der Waals surface area contributed by atoms with Crippen LogP contribution in [0, 0.1) is 5.82 Å². The Morgan fingerprint density at radius 3 is 2.71 bits per heavy atom. The van der Waals surface area contributed by atoms with Crippen molar-refractivity contribution < 1.29 is 18.7 Å². The average molecular weight is 484 g/mol. The van der Waals surface area contributed by atoms with E-state index in [1.54, 1.807) is 18.0 Å². The maximum atomic E-state index is 13.1. The van der Waals surface area contributed by atoms with Gasteiger partial charge in [0.15, 0.2) is 0 Å². The average Bonchev–Trinajstić information content (AvgIpc) is 2.88. The number of aryl methyl sites for hydroxylation is 1. The minimum absolute atomic E-state index is 0.125. The van der Waals surface area contributed by atoms with Crippen LogP contribution < -0.4 is 15.0 Å². The lowest BCUT2D eigenvalue weighted by atomic mass is 10.1. The van der Waals surface area contributed by atoms with Crippen LogP contribution in [-0.4, -0.2) is 29.9 Å². The number of carbonyl (C=O) groups is 2. The van der Waals surface area contributed by atoms with E-state index < -0.39 is 11.9 Å². The Morgan fingerprint density at radius 2 is 1.94 bits per heavy atom. The zero-order valence-electron chi connectivity index (χ0n) is 16.6. The summed E-state index contributed by atoms with van der Waals surface area (Å²) in [6, 6.07) is 13.8. The molecule has 1 aromatic heterocycles.